The van der Waals surface area contributed by atoms with Gasteiger partial charge in [0.2, 0.25) is 5.91 Å². The van der Waals surface area contributed by atoms with Crippen molar-refractivity contribution in [1.29, 1.82) is 0 Å². The van der Waals surface area contributed by atoms with E-state index in [1.54, 1.807) is 6.33 Å². The largest absolute Gasteiger partial charge is 0.334 e. The molecule has 1 aromatic heterocycles. The number of aryl methyl sites for hydroxylation is 1. The van der Waals surface area contributed by atoms with Gasteiger partial charge in [-0.25, -0.2) is 4.98 Å². The predicted octanol–water partition coefficient (Wildman–Crippen LogP) is 1.12. The maximum atomic E-state index is 12.0. The van der Waals surface area contributed by atoms with E-state index in [-0.39, 0.29) is 11.8 Å². The van der Waals surface area contributed by atoms with Gasteiger partial charge in [-0.1, -0.05) is 0 Å². The van der Waals surface area contributed by atoms with E-state index < -0.39 is 0 Å². The third-order valence-electron chi connectivity index (χ3n) is 3.42. The summed E-state index contributed by atoms with van der Waals surface area (Å²) in [7, 11) is 1.96. The molecule has 2 aromatic rings. The Balaban J connectivity index is 1.79. The molecule has 1 aromatic carbocycles. The van der Waals surface area contributed by atoms with Crippen molar-refractivity contribution in [1.82, 2.24) is 14.9 Å². The zero-order valence-corrected chi connectivity index (χ0v) is 10.3. The Bertz CT molecular complexity index is 584. The number of carbonyl (C=O) groups is 1. The van der Waals surface area contributed by atoms with E-state index in [0.717, 1.165) is 36.2 Å². The average Bonchev–Trinajstić information content (AvgIpc) is 2.99. The Hall–Kier alpha value is -1.88. The molecule has 0 saturated carbocycles. The molecule has 1 fully saturated rings. The Labute approximate surface area is 105 Å². The zero-order valence-electron chi connectivity index (χ0n) is 10.3. The summed E-state index contributed by atoms with van der Waals surface area (Å²) in [6.07, 6.45) is 2.69. The van der Waals surface area contributed by atoms with Gasteiger partial charge in [-0.15, -0.1) is 0 Å². The van der Waals surface area contributed by atoms with Crippen LogP contribution in [0, 0.1) is 5.92 Å². The summed E-state index contributed by atoms with van der Waals surface area (Å²) < 4.78 is 1.96. The fraction of sp³-hybridized carbons (Fsp3) is 0.385. The van der Waals surface area contributed by atoms with Gasteiger partial charge in [-0.05, 0) is 31.2 Å². The first-order valence-corrected chi connectivity index (χ1v) is 6.17. The van der Waals surface area contributed by atoms with Crippen LogP contribution in [0.15, 0.2) is 24.5 Å². The summed E-state index contributed by atoms with van der Waals surface area (Å²) in [5.41, 5.74) is 2.79. The Kier molecular flexibility index (Phi) is 2.76. The minimum atomic E-state index is 0.0874. The van der Waals surface area contributed by atoms with Gasteiger partial charge in [0, 0.05) is 19.3 Å². The van der Waals surface area contributed by atoms with E-state index in [1.807, 2.05) is 29.8 Å². The summed E-state index contributed by atoms with van der Waals surface area (Å²) >= 11 is 0. The monoisotopic (exact) mass is 244 g/mol. The number of nitrogens with zero attached hydrogens (tertiary/aromatic N) is 2. The minimum Gasteiger partial charge on any atom is -0.334 e. The van der Waals surface area contributed by atoms with Crippen molar-refractivity contribution >= 4 is 22.6 Å². The van der Waals surface area contributed by atoms with E-state index in [9.17, 15) is 4.79 Å². The van der Waals surface area contributed by atoms with Crippen LogP contribution >= 0.6 is 0 Å². The third-order valence-corrected chi connectivity index (χ3v) is 3.42. The van der Waals surface area contributed by atoms with Gasteiger partial charge in [0.15, 0.2) is 0 Å². The number of nitrogens with one attached hydrogen (secondary N) is 2. The molecule has 1 amide bonds. The lowest BCUT2D eigenvalue weighted by atomic mass is 10.1. The summed E-state index contributed by atoms with van der Waals surface area (Å²) in [6, 6.07) is 5.81. The predicted molar refractivity (Wildman–Crippen MR) is 70.3 cm³/mol. The van der Waals surface area contributed by atoms with Gasteiger partial charge in [0.25, 0.3) is 0 Å². The molecule has 1 saturated heterocycles. The van der Waals surface area contributed by atoms with E-state index in [1.165, 1.54) is 0 Å². The van der Waals surface area contributed by atoms with Crippen LogP contribution < -0.4 is 10.6 Å². The van der Waals surface area contributed by atoms with Gasteiger partial charge >= 0.3 is 0 Å². The number of imidazole rings is 1. The highest BCUT2D eigenvalue weighted by Gasteiger charge is 2.22. The van der Waals surface area contributed by atoms with Crippen molar-refractivity contribution in [3.63, 3.8) is 0 Å². The zero-order chi connectivity index (χ0) is 12.5. The highest BCUT2D eigenvalue weighted by atomic mass is 16.1. The second-order valence-electron chi connectivity index (χ2n) is 4.74. The highest BCUT2D eigenvalue weighted by molar-refractivity contribution is 5.94. The molecule has 1 unspecified atom stereocenters. The number of aromatic nitrogens is 2. The number of amides is 1. The van der Waals surface area contributed by atoms with Gasteiger partial charge in [-0.2, -0.15) is 0 Å². The van der Waals surface area contributed by atoms with Crippen LogP contribution in [0.2, 0.25) is 0 Å². The third kappa shape index (κ3) is 1.97. The van der Waals surface area contributed by atoms with Crippen molar-refractivity contribution in [3.8, 4) is 0 Å². The molecule has 5 heteroatoms. The van der Waals surface area contributed by atoms with Crippen LogP contribution in [0.5, 0.6) is 0 Å². The van der Waals surface area contributed by atoms with Crippen molar-refractivity contribution in [2.24, 2.45) is 13.0 Å². The van der Waals surface area contributed by atoms with Crippen LogP contribution in [0.4, 0.5) is 5.69 Å². The van der Waals surface area contributed by atoms with E-state index >= 15 is 0 Å². The Morgan fingerprint density at radius 2 is 2.44 bits per heavy atom. The molecule has 5 nitrogen and oxygen atoms in total. The molecule has 1 aliphatic heterocycles. The van der Waals surface area contributed by atoms with Crippen molar-refractivity contribution < 1.29 is 4.79 Å². The quantitative estimate of drug-likeness (QED) is 0.832. The van der Waals surface area contributed by atoms with Crippen LogP contribution in [0.3, 0.4) is 0 Å². The topological polar surface area (TPSA) is 59.0 Å². The molecule has 1 atom stereocenters. The molecule has 3 rings (SSSR count). The lowest BCUT2D eigenvalue weighted by Gasteiger charge is -2.09. The molecule has 1 aliphatic rings. The maximum absolute atomic E-state index is 12.0. The summed E-state index contributed by atoms with van der Waals surface area (Å²) in [5.74, 6) is 0.180. The lowest BCUT2D eigenvalue weighted by Crippen LogP contribution is -2.24. The Morgan fingerprint density at radius 3 is 3.22 bits per heavy atom. The van der Waals surface area contributed by atoms with Crippen LogP contribution in [0.1, 0.15) is 6.42 Å². The number of rotatable bonds is 2. The van der Waals surface area contributed by atoms with Crippen molar-refractivity contribution in [2.75, 3.05) is 18.4 Å². The minimum absolute atomic E-state index is 0.0874. The summed E-state index contributed by atoms with van der Waals surface area (Å²) in [5, 5.41) is 6.15. The number of hydrogen-bond donors (Lipinski definition) is 2. The number of benzene rings is 1. The molecule has 18 heavy (non-hydrogen) atoms. The van der Waals surface area contributed by atoms with Gasteiger partial charge in [0.05, 0.1) is 23.3 Å². The average molecular weight is 244 g/mol. The smallest absolute Gasteiger partial charge is 0.228 e. The molecule has 0 bridgehead atoms. The van der Waals surface area contributed by atoms with E-state index in [2.05, 4.69) is 15.6 Å². The molecule has 0 radical (unpaired) electrons. The highest BCUT2D eigenvalue weighted by Crippen LogP contribution is 2.19. The van der Waals surface area contributed by atoms with E-state index in [4.69, 9.17) is 0 Å². The van der Waals surface area contributed by atoms with Gasteiger partial charge in [-0.3, -0.25) is 4.79 Å². The van der Waals surface area contributed by atoms with Crippen LogP contribution in [0.25, 0.3) is 11.0 Å². The fourth-order valence-electron chi connectivity index (χ4n) is 2.34. The molecular weight excluding hydrogens is 228 g/mol. The first-order valence-electron chi connectivity index (χ1n) is 6.17. The summed E-state index contributed by atoms with van der Waals surface area (Å²) in [4.78, 5) is 16.3. The standard InChI is InChI=1S/C13H16N4O/c1-17-8-15-11-6-10(2-3-12(11)17)16-13(18)9-4-5-14-7-9/h2-3,6,8-9,14H,4-5,7H2,1H3,(H,16,18). The van der Waals surface area contributed by atoms with Crippen molar-refractivity contribution in [3.05, 3.63) is 24.5 Å². The SMILES string of the molecule is Cn1cnc2cc(NC(=O)C3CCNC3)ccc21. The number of fused-ring (bicyclic) bond motifs is 1. The number of hydrogen-bond acceptors (Lipinski definition) is 3. The van der Waals surface area contributed by atoms with Crippen molar-refractivity contribution in [2.45, 2.75) is 6.42 Å². The normalized spacial score (nSPS) is 19.3. The van der Waals surface area contributed by atoms with Crippen LogP contribution in [-0.4, -0.2) is 28.5 Å². The van der Waals surface area contributed by atoms with E-state index in [0.29, 0.717) is 0 Å². The molecule has 0 aliphatic carbocycles. The molecule has 0 spiro atoms. The molecule has 2 heterocycles. The number of anilines is 1. The first-order chi connectivity index (χ1) is 8.74. The van der Waals surface area contributed by atoms with Gasteiger partial charge < -0.3 is 15.2 Å². The lowest BCUT2D eigenvalue weighted by molar-refractivity contribution is -0.119. The second kappa shape index (κ2) is 4.42. The second-order valence-corrected chi connectivity index (χ2v) is 4.74. The van der Waals surface area contributed by atoms with Crippen LogP contribution in [-0.2, 0) is 11.8 Å². The summed E-state index contributed by atoms with van der Waals surface area (Å²) in [6.45, 7) is 1.70. The Morgan fingerprint density at radius 1 is 1.56 bits per heavy atom. The maximum Gasteiger partial charge on any atom is 0.228 e. The first kappa shape index (κ1) is 11.2. The number of carbonyl (C=O) groups excluding carboxylic acids is 1. The molecule has 2 N–H and O–H groups in total. The molecule has 94 valence electrons. The van der Waals surface area contributed by atoms with Gasteiger partial charge in [0.1, 0.15) is 0 Å². The molecular formula is C13H16N4O. The fourth-order valence-corrected chi connectivity index (χ4v) is 2.34.